The Morgan fingerprint density at radius 1 is 1.33 bits per heavy atom. The molecule has 0 atom stereocenters. The molecular weight excluding hydrogens is 246 g/mol. The Bertz CT molecular complexity index is 442. The van der Waals surface area contributed by atoms with Crippen LogP contribution in [0, 0.1) is 12.8 Å². The minimum atomic E-state index is 0.224. The molecule has 1 aromatic heterocycles. The molecular formula is C13H19N3OS. The van der Waals surface area contributed by atoms with Crippen molar-refractivity contribution in [3.05, 3.63) is 17.5 Å². The zero-order valence-corrected chi connectivity index (χ0v) is 11.7. The number of hydrogen-bond donors (Lipinski definition) is 1. The Balaban J connectivity index is 2.07. The standard InChI is InChI=1S/C13H19N3OS/c1-8-3-5-10(6-4-8)17-13-15-9(2)7-11(16-13)12(14)18/h7-8,10H,3-6H2,1-2H3,(H2,14,18). The van der Waals surface area contributed by atoms with Crippen LogP contribution in [0.4, 0.5) is 0 Å². The number of aryl methyl sites for hydroxylation is 1. The molecule has 0 unspecified atom stereocenters. The summed E-state index contributed by atoms with van der Waals surface area (Å²) in [4.78, 5) is 8.81. The van der Waals surface area contributed by atoms with Crippen molar-refractivity contribution in [3.8, 4) is 6.01 Å². The van der Waals surface area contributed by atoms with Crippen molar-refractivity contribution in [1.29, 1.82) is 0 Å². The smallest absolute Gasteiger partial charge is 0.317 e. The Morgan fingerprint density at radius 3 is 2.61 bits per heavy atom. The first-order valence-electron chi connectivity index (χ1n) is 6.36. The maximum absolute atomic E-state index is 5.84. The third-order valence-corrected chi connectivity index (χ3v) is 3.53. The fourth-order valence-corrected chi connectivity index (χ4v) is 2.32. The molecule has 18 heavy (non-hydrogen) atoms. The highest BCUT2D eigenvalue weighted by atomic mass is 32.1. The molecule has 4 nitrogen and oxygen atoms in total. The fourth-order valence-electron chi connectivity index (χ4n) is 2.22. The van der Waals surface area contributed by atoms with E-state index in [1.165, 1.54) is 12.8 Å². The van der Waals surface area contributed by atoms with E-state index in [0.717, 1.165) is 24.5 Å². The Morgan fingerprint density at radius 2 is 2.00 bits per heavy atom. The number of ether oxygens (including phenoxy) is 1. The van der Waals surface area contributed by atoms with Gasteiger partial charge in [-0.2, -0.15) is 4.98 Å². The van der Waals surface area contributed by atoms with E-state index in [4.69, 9.17) is 22.7 Å². The van der Waals surface area contributed by atoms with Crippen molar-refractivity contribution in [3.63, 3.8) is 0 Å². The van der Waals surface area contributed by atoms with Gasteiger partial charge in [0.15, 0.2) is 0 Å². The van der Waals surface area contributed by atoms with Crippen LogP contribution in [0.1, 0.15) is 44.0 Å². The van der Waals surface area contributed by atoms with Crippen LogP contribution in [-0.4, -0.2) is 21.1 Å². The van der Waals surface area contributed by atoms with Gasteiger partial charge in [-0.1, -0.05) is 19.1 Å². The topological polar surface area (TPSA) is 61.0 Å². The predicted molar refractivity (Wildman–Crippen MR) is 74.7 cm³/mol. The highest BCUT2D eigenvalue weighted by molar-refractivity contribution is 7.80. The summed E-state index contributed by atoms with van der Waals surface area (Å²) in [5.74, 6) is 0.801. The largest absolute Gasteiger partial charge is 0.460 e. The molecule has 1 aliphatic rings. The lowest BCUT2D eigenvalue weighted by atomic mass is 9.89. The molecule has 0 aliphatic heterocycles. The van der Waals surface area contributed by atoms with Gasteiger partial charge < -0.3 is 10.5 Å². The zero-order chi connectivity index (χ0) is 13.1. The highest BCUT2D eigenvalue weighted by Crippen LogP contribution is 2.26. The normalized spacial score (nSPS) is 23.7. The summed E-state index contributed by atoms with van der Waals surface area (Å²) in [5.41, 5.74) is 6.99. The number of nitrogens with zero attached hydrogens (tertiary/aromatic N) is 2. The van der Waals surface area contributed by atoms with Crippen molar-refractivity contribution >= 4 is 17.2 Å². The third-order valence-electron chi connectivity index (χ3n) is 3.32. The average Bonchev–Trinajstić information content (AvgIpc) is 2.31. The number of hydrogen-bond acceptors (Lipinski definition) is 4. The van der Waals surface area contributed by atoms with E-state index in [-0.39, 0.29) is 11.1 Å². The molecule has 1 aromatic rings. The van der Waals surface area contributed by atoms with E-state index >= 15 is 0 Å². The van der Waals surface area contributed by atoms with Crippen LogP contribution in [0.5, 0.6) is 6.01 Å². The van der Waals surface area contributed by atoms with Crippen molar-refractivity contribution in [2.24, 2.45) is 11.7 Å². The first kappa shape index (κ1) is 13.2. The van der Waals surface area contributed by atoms with E-state index in [1.807, 2.05) is 6.92 Å². The first-order chi connectivity index (χ1) is 8.54. The summed E-state index contributed by atoms with van der Waals surface area (Å²) in [6.07, 6.45) is 4.78. The maximum Gasteiger partial charge on any atom is 0.317 e. The van der Waals surface area contributed by atoms with Gasteiger partial charge >= 0.3 is 6.01 Å². The van der Waals surface area contributed by atoms with Crippen LogP contribution in [-0.2, 0) is 0 Å². The van der Waals surface area contributed by atoms with Crippen LogP contribution >= 0.6 is 12.2 Å². The molecule has 0 aromatic carbocycles. The molecule has 98 valence electrons. The molecule has 2 N–H and O–H groups in total. The van der Waals surface area contributed by atoms with Crippen LogP contribution in [0.2, 0.25) is 0 Å². The van der Waals surface area contributed by atoms with E-state index < -0.39 is 0 Å². The molecule has 5 heteroatoms. The van der Waals surface area contributed by atoms with Gasteiger partial charge in [-0.05, 0) is 44.6 Å². The molecule has 1 saturated carbocycles. The Kier molecular flexibility index (Phi) is 4.11. The maximum atomic E-state index is 5.84. The van der Waals surface area contributed by atoms with Gasteiger partial charge in [0, 0.05) is 5.69 Å². The number of thiocarbonyl (C=S) groups is 1. The molecule has 1 heterocycles. The number of aromatic nitrogens is 2. The molecule has 1 aliphatic carbocycles. The molecule has 0 saturated heterocycles. The predicted octanol–water partition coefficient (Wildman–Crippen LogP) is 2.38. The monoisotopic (exact) mass is 265 g/mol. The summed E-state index contributed by atoms with van der Waals surface area (Å²) in [7, 11) is 0. The van der Waals surface area contributed by atoms with Crippen LogP contribution in [0.15, 0.2) is 6.07 Å². The van der Waals surface area contributed by atoms with Crippen molar-refractivity contribution in [2.45, 2.75) is 45.6 Å². The second-order valence-corrected chi connectivity index (χ2v) is 5.48. The molecule has 1 fully saturated rings. The molecule has 0 amide bonds. The quantitative estimate of drug-likeness (QED) is 0.850. The minimum Gasteiger partial charge on any atom is -0.460 e. The molecule has 0 bridgehead atoms. The van der Waals surface area contributed by atoms with Gasteiger partial charge in [0.05, 0.1) is 0 Å². The van der Waals surface area contributed by atoms with Crippen LogP contribution < -0.4 is 10.5 Å². The second kappa shape index (κ2) is 5.61. The number of rotatable bonds is 3. The van der Waals surface area contributed by atoms with Crippen LogP contribution in [0.25, 0.3) is 0 Å². The van der Waals surface area contributed by atoms with E-state index in [1.54, 1.807) is 6.07 Å². The van der Waals surface area contributed by atoms with E-state index in [2.05, 4.69) is 16.9 Å². The lowest BCUT2D eigenvalue weighted by molar-refractivity contribution is 0.124. The van der Waals surface area contributed by atoms with Crippen LogP contribution in [0.3, 0.4) is 0 Å². The van der Waals surface area contributed by atoms with E-state index in [9.17, 15) is 0 Å². The van der Waals surface area contributed by atoms with Gasteiger partial charge in [0.1, 0.15) is 16.8 Å². The summed E-state index contributed by atoms with van der Waals surface area (Å²) >= 11 is 4.93. The van der Waals surface area contributed by atoms with Crippen molar-refractivity contribution in [2.75, 3.05) is 0 Å². The van der Waals surface area contributed by atoms with Crippen molar-refractivity contribution in [1.82, 2.24) is 9.97 Å². The van der Waals surface area contributed by atoms with Crippen molar-refractivity contribution < 1.29 is 4.74 Å². The highest BCUT2D eigenvalue weighted by Gasteiger charge is 2.20. The van der Waals surface area contributed by atoms with Gasteiger partial charge in [-0.3, -0.25) is 0 Å². The van der Waals surface area contributed by atoms with Gasteiger partial charge in [0.25, 0.3) is 0 Å². The summed E-state index contributed by atoms with van der Waals surface area (Å²) in [6.45, 7) is 4.17. The van der Waals surface area contributed by atoms with Gasteiger partial charge in [-0.25, -0.2) is 4.98 Å². The van der Waals surface area contributed by atoms with Gasteiger partial charge in [-0.15, -0.1) is 0 Å². The first-order valence-corrected chi connectivity index (χ1v) is 6.77. The van der Waals surface area contributed by atoms with Gasteiger partial charge in [0.2, 0.25) is 0 Å². The molecule has 2 rings (SSSR count). The Labute approximate surface area is 113 Å². The molecule has 0 spiro atoms. The van der Waals surface area contributed by atoms with E-state index in [0.29, 0.717) is 11.7 Å². The SMILES string of the molecule is Cc1cc(C(N)=S)nc(OC2CCC(C)CC2)n1. The minimum absolute atomic E-state index is 0.224. The fraction of sp³-hybridized carbons (Fsp3) is 0.615. The summed E-state index contributed by atoms with van der Waals surface area (Å²) in [6, 6.07) is 2.18. The molecule has 0 radical (unpaired) electrons. The average molecular weight is 265 g/mol. The zero-order valence-electron chi connectivity index (χ0n) is 10.8. The lowest BCUT2D eigenvalue weighted by Gasteiger charge is -2.26. The summed E-state index contributed by atoms with van der Waals surface area (Å²) < 4.78 is 5.84. The lowest BCUT2D eigenvalue weighted by Crippen LogP contribution is -2.24. The third kappa shape index (κ3) is 3.38. The Hall–Kier alpha value is -1.23. The summed E-state index contributed by atoms with van der Waals surface area (Å²) in [5, 5.41) is 0. The second-order valence-electron chi connectivity index (χ2n) is 5.04. The number of nitrogens with two attached hydrogens (primary N) is 1.